The van der Waals surface area contributed by atoms with Crippen LogP contribution in [0.4, 0.5) is 0 Å². The number of hydrogen-bond donors (Lipinski definition) is 2. The molecule has 114 valence electrons. The van der Waals surface area contributed by atoms with Crippen molar-refractivity contribution in [3.63, 3.8) is 0 Å². The van der Waals surface area contributed by atoms with Gasteiger partial charge in [-0.1, -0.05) is 50.0 Å². The molecule has 0 amide bonds. The highest BCUT2D eigenvalue weighted by Gasteiger charge is 2.26. The summed E-state index contributed by atoms with van der Waals surface area (Å²) in [6.07, 6.45) is 2.89. The van der Waals surface area contributed by atoms with Crippen LogP contribution in [-0.2, 0) is 0 Å². The molecular weight excluding hydrogens is 293 g/mol. The second-order valence-corrected chi connectivity index (χ2v) is 6.19. The van der Waals surface area contributed by atoms with Gasteiger partial charge in [0.2, 0.25) is 0 Å². The van der Waals surface area contributed by atoms with E-state index in [0.717, 1.165) is 31.4 Å². The molecule has 1 aromatic rings. The monoisotopic (exact) mass is 317 g/mol. The molecule has 20 heavy (non-hydrogen) atoms. The zero-order valence-electron chi connectivity index (χ0n) is 12.5. The minimum absolute atomic E-state index is 0.0381. The van der Waals surface area contributed by atoms with Gasteiger partial charge in [-0.25, -0.2) is 0 Å². The summed E-state index contributed by atoms with van der Waals surface area (Å²) < 4.78 is 0. The van der Waals surface area contributed by atoms with E-state index in [2.05, 4.69) is 26.1 Å². The predicted molar refractivity (Wildman–Crippen MR) is 87.6 cm³/mol. The predicted octanol–water partition coefficient (Wildman–Crippen LogP) is 4.83. The van der Waals surface area contributed by atoms with Gasteiger partial charge < -0.3 is 10.4 Å². The maximum absolute atomic E-state index is 9.63. The fourth-order valence-electron chi connectivity index (χ4n) is 2.35. The molecule has 0 spiro atoms. The largest absolute Gasteiger partial charge is 0.396 e. The Morgan fingerprint density at radius 3 is 2.25 bits per heavy atom. The molecule has 0 heterocycles. The summed E-state index contributed by atoms with van der Waals surface area (Å²) >= 11 is 12.0. The van der Waals surface area contributed by atoms with Crippen molar-refractivity contribution in [2.75, 3.05) is 13.2 Å². The van der Waals surface area contributed by atoms with E-state index < -0.39 is 0 Å². The van der Waals surface area contributed by atoms with E-state index in [1.807, 2.05) is 18.2 Å². The summed E-state index contributed by atoms with van der Waals surface area (Å²) in [5, 5.41) is 14.4. The topological polar surface area (TPSA) is 32.3 Å². The standard InChI is InChI=1S/C16H25Cl2NO/c1-4-15(12-7-8-13(17)14(18)9-12)19-10-16(5-2,6-3)11-20/h7-9,15,19-20H,4-6,10-11H2,1-3H3. The molecular formula is C16H25Cl2NO. The van der Waals surface area contributed by atoms with Crippen LogP contribution < -0.4 is 5.32 Å². The highest BCUT2D eigenvalue weighted by molar-refractivity contribution is 6.42. The first kappa shape index (κ1) is 17.8. The first-order chi connectivity index (χ1) is 9.51. The summed E-state index contributed by atoms with van der Waals surface area (Å²) in [6, 6.07) is 5.99. The van der Waals surface area contributed by atoms with Crippen LogP contribution in [0.25, 0.3) is 0 Å². The van der Waals surface area contributed by atoms with Crippen molar-refractivity contribution in [1.29, 1.82) is 0 Å². The smallest absolute Gasteiger partial charge is 0.0595 e. The van der Waals surface area contributed by atoms with Gasteiger partial charge in [0.05, 0.1) is 10.0 Å². The third-order valence-electron chi connectivity index (χ3n) is 4.31. The zero-order valence-corrected chi connectivity index (χ0v) is 14.1. The van der Waals surface area contributed by atoms with Gasteiger partial charge in [-0.05, 0) is 37.0 Å². The van der Waals surface area contributed by atoms with E-state index in [4.69, 9.17) is 23.2 Å². The lowest BCUT2D eigenvalue weighted by Gasteiger charge is -2.32. The molecule has 2 N–H and O–H groups in total. The highest BCUT2D eigenvalue weighted by atomic mass is 35.5. The second kappa shape index (κ2) is 8.23. The second-order valence-electron chi connectivity index (χ2n) is 5.38. The van der Waals surface area contributed by atoms with Crippen LogP contribution in [0.2, 0.25) is 10.0 Å². The molecule has 1 rings (SSSR count). The molecule has 0 saturated carbocycles. The van der Waals surface area contributed by atoms with Gasteiger partial charge in [0.1, 0.15) is 0 Å². The van der Waals surface area contributed by atoms with Gasteiger partial charge >= 0.3 is 0 Å². The van der Waals surface area contributed by atoms with Crippen LogP contribution in [0, 0.1) is 5.41 Å². The molecule has 1 aromatic carbocycles. The lowest BCUT2D eigenvalue weighted by molar-refractivity contribution is 0.109. The summed E-state index contributed by atoms with van der Waals surface area (Å²) in [6.45, 7) is 7.40. The maximum atomic E-state index is 9.63. The Bertz CT molecular complexity index is 411. The van der Waals surface area contributed by atoms with Crippen LogP contribution >= 0.6 is 23.2 Å². The molecule has 0 aliphatic heterocycles. The van der Waals surface area contributed by atoms with Crippen molar-refractivity contribution in [2.24, 2.45) is 5.41 Å². The fraction of sp³-hybridized carbons (Fsp3) is 0.625. The summed E-state index contributed by atoms with van der Waals surface area (Å²) in [4.78, 5) is 0. The third kappa shape index (κ3) is 4.36. The molecule has 0 radical (unpaired) electrons. The van der Waals surface area contributed by atoms with Crippen molar-refractivity contribution >= 4 is 23.2 Å². The SMILES string of the molecule is CCC(NCC(CC)(CC)CO)c1ccc(Cl)c(Cl)c1. The Labute approximate surface area is 132 Å². The first-order valence-corrected chi connectivity index (χ1v) is 8.06. The number of benzene rings is 1. The molecule has 4 heteroatoms. The van der Waals surface area contributed by atoms with Gasteiger partial charge in [0.15, 0.2) is 0 Å². The minimum Gasteiger partial charge on any atom is -0.396 e. The van der Waals surface area contributed by atoms with Crippen molar-refractivity contribution in [3.8, 4) is 0 Å². The molecule has 2 nitrogen and oxygen atoms in total. The number of aliphatic hydroxyl groups is 1. The number of halogens is 2. The van der Waals surface area contributed by atoms with Gasteiger partial charge in [0.25, 0.3) is 0 Å². The molecule has 1 atom stereocenters. The normalized spacial score (nSPS) is 13.5. The average Bonchev–Trinajstić information content (AvgIpc) is 2.48. The minimum atomic E-state index is -0.0381. The Morgan fingerprint density at radius 2 is 1.80 bits per heavy atom. The van der Waals surface area contributed by atoms with Crippen LogP contribution in [0.3, 0.4) is 0 Å². The summed E-state index contributed by atoms with van der Waals surface area (Å²) in [7, 11) is 0. The van der Waals surface area contributed by atoms with Gasteiger partial charge in [0, 0.05) is 24.6 Å². The quantitative estimate of drug-likeness (QED) is 0.719. The Balaban J connectivity index is 2.79. The molecule has 1 unspecified atom stereocenters. The van der Waals surface area contributed by atoms with Gasteiger partial charge in [-0.3, -0.25) is 0 Å². The lowest BCUT2D eigenvalue weighted by Crippen LogP contribution is -2.38. The molecule has 0 fully saturated rings. The highest BCUT2D eigenvalue weighted by Crippen LogP contribution is 2.29. The molecule has 0 bridgehead atoms. The summed E-state index contributed by atoms with van der Waals surface area (Å²) in [5.74, 6) is 0. The van der Waals surface area contributed by atoms with E-state index in [1.54, 1.807) is 0 Å². The molecule has 0 saturated heterocycles. The van der Waals surface area contributed by atoms with E-state index in [9.17, 15) is 5.11 Å². The lowest BCUT2D eigenvalue weighted by atomic mass is 9.83. The van der Waals surface area contributed by atoms with Crippen LogP contribution in [0.1, 0.15) is 51.6 Å². The van der Waals surface area contributed by atoms with Crippen molar-refractivity contribution in [2.45, 2.75) is 46.1 Å². The molecule has 0 aliphatic rings. The first-order valence-electron chi connectivity index (χ1n) is 7.31. The van der Waals surface area contributed by atoms with Crippen molar-refractivity contribution in [3.05, 3.63) is 33.8 Å². The fourth-order valence-corrected chi connectivity index (χ4v) is 2.65. The van der Waals surface area contributed by atoms with E-state index in [0.29, 0.717) is 10.0 Å². The molecule has 0 aromatic heterocycles. The van der Waals surface area contributed by atoms with Gasteiger partial charge in [-0.15, -0.1) is 0 Å². The van der Waals surface area contributed by atoms with Crippen molar-refractivity contribution in [1.82, 2.24) is 5.32 Å². The van der Waals surface area contributed by atoms with E-state index in [1.165, 1.54) is 0 Å². The third-order valence-corrected chi connectivity index (χ3v) is 5.05. The van der Waals surface area contributed by atoms with Gasteiger partial charge in [-0.2, -0.15) is 0 Å². The summed E-state index contributed by atoms with van der Waals surface area (Å²) in [5.41, 5.74) is 1.10. The number of hydrogen-bond acceptors (Lipinski definition) is 2. The molecule has 0 aliphatic carbocycles. The van der Waals surface area contributed by atoms with E-state index >= 15 is 0 Å². The van der Waals surface area contributed by atoms with Crippen LogP contribution in [0.15, 0.2) is 18.2 Å². The zero-order chi connectivity index (χ0) is 15.2. The number of nitrogens with one attached hydrogen (secondary N) is 1. The number of rotatable bonds is 8. The number of aliphatic hydroxyl groups excluding tert-OH is 1. The van der Waals surface area contributed by atoms with Crippen LogP contribution in [-0.4, -0.2) is 18.3 Å². The Kier molecular flexibility index (Phi) is 7.32. The average molecular weight is 318 g/mol. The Morgan fingerprint density at radius 1 is 1.15 bits per heavy atom. The maximum Gasteiger partial charge on any atom is 0.0595 e. The Hall–Kier alpha value is -0.280. The van der Waals surface area contributed by atoms with Crippen LogP contribution in [0.5, 0.6) is 0 Å². The van der Waals surface area contributed by atoms with Crippen molar-refractivity contribution < 1.29 is 5.11 Å². The van der Waals surface area contributed by atoms with E-state index in [-0.39, 0.29) is 18.1 Å².